The number of rotatable bonds is 4. The first kappa shape index (κ1) is 14.9. The number of benzene rings is 1. The van der Waals surface area contributed by atoms with Crippen LogP contribution in [0.2, 0.25) is 0 Å². The van der Waals surface area contributed by atoms with Crippen LogP contribution in [0, 0.1) is 5.92 Å². The van der Waals surface area contributed by atoms with Crippen LogP contribution in [0.5, 0.6) is 0 Å². The van der Waals surface area contributed by atoms with Crippen LogP contribution in [0.15, 0.2) is 41.1 Å². The molecule has 1 amide bonds. The highest BCUT2D eigenvalue weighted by molar-refractivity contribution is 5.96. The summed E-state index contributed by atoms with van der Waals surface area (Å²) in [5.74, 6) is -1.53. The Bertz CT molecular complexity index is 766. The molecule has 24 heavy (non-hydrogen) atoms. The first-order valence-corrected chi connectivity index (χ1v) is 8.16. The number of carboxylic acid groups (broad SMARTS) is 1. The maximum atomic E-state index is 12.8. The summed E-state index contributed by atoms with van der Waals surface area (Å²) in [6.45, 7) is 0.609. The molecule has 0 unspecified atom stereocenters. The Labute approximate surface area is 139 Å². The van der Waals surface area contributed by atoms with E-state index in [0.717, 1.165) is 24.1 Å². The van der Waals surface area contributed by atoms with Crippen molar-refractivity contribution in [2.45, 2.75) is 24.7 Å². The molecule has 0 spiro atoms. The number of carboxylic acids is 1. The van der Waals surface area contributed by atoms with E-state index >= 15 is 0 Å². The van der Waals surface area contributed by atoms with Crippen LogP contribution < -0.4 is 0 Å². The van der Waals surface area contributed by atoms with Gasteiger partial charge in [-0.1, -0.05) is 35.5 Å². The predicted octanol–water partition coefficient (Wildman–Crippen LogP) is 2.49. The molecule has 0 bridgehead atoms. The van der Waals surface area contributed by atoms with Crippen molar-refractivity contribution in [1.82, 2.24) is 10.1 Å². The van der Waals surface area contributed by atoms with Gasteiger partial charge in [0.1, 0.15) is 11.8 Å². The Morgan fingerprint density at radius 3 is 2.58 bits per heavy atom. The van der Waals surface area contributed by atoms with Crippen molar-refractivity contribution in [3.8, 4) is 0 Å². The van der Waals surface area contributed by atoms with Crippen molar-refractivity contribution in [2.75, 3.05) is 13.1 Å². The molecule has 124 valence electrons. The zero-order valence-electron chi connectivity index (χ0n) is 13.1. The maximum Gasteiger partial charge on any atom is 0.308 e. The Morgan fingerprint density at radius 1 is 1.17 bits per heavy atom. The van der Waals surface area contributed by atoms with Crippen molar-refractivity contribution in [3.63, 3.8) is 0 Å². The van der Waals surface area contributed by atoms with Crippen molar-refractivity contribution in [3.05, 3.63) is 53.4 Å². The zero-order valence-corrected chi connectivity index (χ0v) is 13.1. The van der Waals surface area contributed by atoms with E-state index < -0.39 is 11.9 Å². The van der Waals surface area contributed by atoms with Crippen LogP contribution in [0.25, 0.3) is 0 Å². The van der Waals surface area contributed by atoms with Crippen molar-refractivity contribution >= 4 is 11.9 Å². The van der Waals surface area contributed by atoms with Gasteiger partial charge in [0.05, 0.1) is 11.6 Å². The summed E-state index contributed by atoms with van der Waals surface area (Å²) < 4.78 is 5.00. The third-order valence-electron chi connectivity index (χ3n) is 4.94. The number of likely N-dealkylation sites (tertiary alicyclic amines) is 1. The molecule has 0 radical (unpaired) electrons. The summed E-state index contributed by atoms with van der Waals surface area (Å²) in [5.41, 5.74) is 2.15. The fourth-order valence-corrected chi connectivity index (χ4v) is 3.48. The van der Waals surface area contributed by atoms with E-state index in [1.165, 1.54) is 6.26 Å². The second-order valence-corrected chi connectivity index (χ2v) is 6.56. The first-order chi connectivity index (χ1) is 11.6. The number of amides is 1. The molecule has 1 aromatic carbocycles. The Kier molecular flexibility index (Phi) is 3.59. The maximum absolute atomic E-state index is 12.8. The summed E-state index contributed by atoms with van der Waals surface area (Å²) in [7, 11) is 0. The van der Waals surface area contributed by atoms with Crippen LogP contribution in [-0.2, 0) is 4.79 Å². The van der Waals surface area contributed by atoms with Crippen molar-refractivity contribution < 1.29 is 19.2 Å². The number of hydrogen-bond acceptors (Lipinski definition) is 4. The topological polar surface area (TPSA) is 83.6 Å². The number of carbonyl (C=O) groups is 2. The lowest BCUT2D eigenvalue weighted by Crippen LogP contribution is -2.30. The summed E-state index contributed by atoms with van der Waals surface area (Å²) >= 11 is 0. The minimum Gasteiger partial charge on any atom is -0.481 e. The molecular formula is C18H18N2O4. The molecular weight excluding hydrogens is 308 g/mol. The van der Waals surface area contributed by atoms with E-state index in [1.807, 2.05) is 30.3 Å². The molecule has 2 heterocycles. The number of aromatic nitrogens is 1. The summed E-state index contributed by atoms with van der Waals surface area (Å²) in [6.07, 6.45) is 3.44. The average molecular weight is 326 g/mol. The van der Waals surface area contributed by atoms with Crippen molar-refractivity contribution in [1.29, 1.82) is 0 Å². The van der Waals surface area contributed by atoms with Crippen LogP contribution in [0.4, 0.5) is 0 Å². The quantitative estimate of drug-likeness (QED) is 0.933. The molecule has 6 heteroatoms. The lowest BCUT2D eigenvalue weighted by Gasteiger charge is -2.16. The lowest BCUT2D eigenvalue weighted by atomic mass is 9.89. The van der Waals surface area contributed by atoms with Gasteiger partial charge in [0.2, 0.25) is 0 Å². The number of nitrogens with zero attached hydrogens (tertiary/aromatic N) is 2. The highest BCUT2D eigenvalue weighted by Gasteiger charge is 2.42. The van der Waals surface area contributed by atoms with Gasteiger partial charge in [-0.3, -0.25) is 9.59 Å². The van der Waals surface area contributed by atoms with Gasteiger partial charge >= 0.3 is 5.97 Å². The van der Waals surface area contributed by atoms with Gasteiger partial charge < -0.3 is 14.5 Å². The molecule has 1 aromatic heterocycles. The third-order valence-corrected chi connectivity index (χ3v) is 4.94. The standard InChI is InChI=1S/C18H18N2O4/c21-17(15-10-24-19-16(15)12-6-7-12)20-8-13(14(9-20)18(22)23)11-4-2-1-3-5-11/h1-5,10,12-14H,6-9H2,(H,22,23)/t13-,14-/m1/s1. The van der Waals surface area contributed by atoms with E-state index in [1.54, 1.807) is 4.90 Å². The molecule has 1 saturated carbocycles. The summed E-state index contributed by atoms with van der Waals surface area (Å²) in [5, 5.41) is 13.5. The van der Waals surface area contributed by atoms with E-state index in [2.05, 4.69) is 5.16 Å². The highest BCUT2D eigenvalue weighted by Crippen LogP contribution is 2.41. The van der Waals surface area contributed by atoms with Crippen LogP contribution in [-0.4, -0.2) is 40.1 Å². The van der Waals surface area contributed by atoms with Crippen molar-refractivity contribution in [2.24, 2.45) is 5.92 Å². The molecule has 2 aliphatic rings. The Balaban J connectivity index is 1.59. The fourth-order valence-electron chi connectivity index (χ4n) is 3.48. The number of carbonyl (C=O) groups excluding carboxylic acids is 1. The average Bonchev–Trinajstić information content (AvgIpc) is 3.15. The molecule has 2 aromatic rings. The largest absolute Gasteiger partial charge is 0.481 e. The minimum atomic E-state index is -0.869. The predicted molar refractivity (Wildman–Crippen MR) is 84.7 cm³/mol. The summed E-state index contributed by atoms with van der Waals surface area (Å²) in [4.78, 5) is 26.1. The van der Waals surface area contributed by atoms with Gasteiger partial charge in [-0.15, -0.1) is 0 Å². The van der Waals surface area contributed by atoms with E-state index in [-0.39, 0.29) is 18.4 Å². The fraction of sp³-hybridized carbons (Fsp3) is 0.389. The Hall–Kier alpha value is -2.63. The second kappa shape index (κ2) is 5.78. The monoisotopic (exact) mass is 326 g/mol. The van der Waals surface area contributed by atoms with Gasteiger partial charge in [0.25, 0.3) is 5.91 Å². The van der Waals surface area contributed by atoms with Crippen LogP contribution in [0.1, 0.15) is 46.3 Å². The molecule has 4 rings (SSSR count). The van der Waals surface area contributed by atoms with Gasteiger partial charge in [0, 0.05) is 24.9 Å². The van der Waals surface area contributed by atoms with Gasteiger partial charge in [-0.2, -0.15) is 0 Å². The summed E-state index contributed by atoms with van der Waals surface area (Å²) in [6, 6.07) is 9.53. The Morgan fingerprint density at radius 2 is 1.92 bits per heavy atom. The van der Waals surface area contributed by atoms with Gasteiger partial charge in [-0.25, -0.2) is 0 Å². The van der Waals surface area contributed by atoms with Gasteiger partial charge in [0.15, 0.2) is 0 Å². The lowest BCUT2D eigenvalue weighted by molar-refractivity contribution is -0.141. The third kappa shape index (κ3) is 2.58. The zero-order chi connectivity index (χ0) is 16.7. The minimum absolute atomic E-state index is 0.178. The highest BCUT2D eigenvalue weighted by atomic mass is 16.5. The number of aliphatic carboxylic acids is 1. The normalized spacial score (nSPS) is 23.4. The molecule has 6 nitrogen and oxygen atoms in total. The molecule has 2 atom stereocenters. The molecule has 1 N–H and O–H groups in total. The SMILES string of the molecule is O=C(O)[C@@H]1CN(C(=O)c2conc2C2CC2)C[C@@H]1c1ccccc1. The van der Waals surface area contributed by atoms with E-state index in [9.17, 15) is 14.7 Å². The molecule has 1 aliphatic heterocycles. The van der Waals surface area contributed by atoms with E-state index in [0.29, 0.717) is 18.0 Å². The van der Waals surface area contributed by atoms with Crippen LogP contribution >= 0.6 is 0 Å². The molecule has 1 aliphatic carbocycles. The molecule has 1 saturated heterocycles. The van der Waals surface area contributed by atoms with Crippen LogP contribution in [0.3, 0.4) is 0 Å². The molecule has 2 fully saturated rings. The number of hydrogen-bond donors (Lipinski definition) is 1. The van der Waals surface area contributed by atoms with Gasteiger partial charge in [-0.05, 0) is 18.4 Å². The van der Waals surface area contributed by atoms with E-state index in [4.69, 9.17) is 4.52 Å². The second-order valence-electron chi connectivity index (χ2n) is 6.56. The smallest absolute Gasteiger partial charge is 0.308 e. The first-order valence-electron chi connectivity index (χ1n) is 8.16.